The van der Waals surface area contributed by atoms with Gasteiger partial charge in [-0.15, -0.1) is 16.4 Å². The van der Waals surface area contributed by atoms with Gasteiger partial charge in [-0.05, 0) is 64.9 Å². The molecule has 2 aromatic heterocycles. The standard InChI is InChI=1S/C20H15FN6OS/c1-13(15-3-2-4-17(11-15)27-12-22-25-26-27)23-24-20(28)19-10-9-18(29-19)14-5-7-16(21)8-6-14/h2-12H,1H3,(H,24,28)/b23-13-. The molecule has 0 bridgehead atoms. The molecule has 0 fully saturated rings. The molecule has 0 aliphatic rings. The van der Waals surface area contributed by atoms with E-state index in [1.807, 2.05) is 30.3 Å². The number of rotatable bonds is 5. The summed E-state index contributed by atoms with van der Waals surface area (Å²) in [5, 5.41) is 15.3. The van der Waals surface area contributed by atoms with Crippen LogP contribution in [0, 0.1) is 5.82 Å². The topological polar surface area (TPSA) is 85.1 Å². The van der Waals surface area contributed by atoms with E-state index in [1.165, 1.54) is 34.5 Å². The molecule has 0 aliphatic carbocycles. The summed E-state index contributed by atoms with van der Waals surface area (Å²) < 4.78 is 14.6. The number of carbonyl (C=O) groups excluding carboxylic acids is 1. The minimum absolute atomic E-state index is 0.294. The summed E-state index contributed by atoms with van der Waals surface area (Å²) >= 11 is 1.32. The molecular weight excluding hydrogens is 391 g/mol. The van der Waals surface area contributed by atoms with Crippen LogP contribution in [-0.4, -0.2) is 31.8 Å². The highest BCUT2D eigenvalue weighted by molar-refractivity contribution is 7.17. The first-order chi connectivity index (χ1) is 14.1. The van der Waals surface area contributed by atoms with E-state index in [0.717, 1.165) is 21.7 Å². The summed E-state index contributed by atoms with van der Waals surface area (Å²) in [6.07, 6.45) is 1.50. The molecule has 4 rings (SSSR count). The Morgan fingerprint density at radius 1 is 1.14 bits per heavy atom. The number of hydrogen-bond donors (Lipinski definition) is 1. The van der Waals surface area contributed by atoms with Crippen molar-refractivity contribution < 1.29 is 9.18 Å². The third kappa shape index (κ3) is 4.25. The minimum atomic E-state index is -0.306. The molecule has 0 aliphatic heterocycles. The number of benzene rings is 2. The molecule has 2 aromatic carbocycles. The van der Waals surface area contributed by atoms with Crippen LogP contribution in [0.3, 0.4) is 0 Å². The van der Waals surface area contributed by atoms with Gasteiger partial charge < -0.3 is 0 Å². The van der Waals surface area contributed by atoms with E-state index in [1.54, 1.807) is 25.1 Å². The molecule has 29 heavy (non-hydrogen) atoms. The minimum Gasteiger partial charge on any atom is -0.266 e. The first-order valence-electron chi connectivity index (χ1n) is 8.64. The molecule has 1 amide bonds. The Bertz CT molecular complexity index is 1170. The second-order valence-electron chi connectivity index (χ2n) is 6.11. The van der Waals surface area contributed by atoms with Crippen LogP contribution in [0.5, 0.6) is 0 Å². The average molecular weight is 406 g/mol. The Kier molecular flexibility index (Phi) is 5.21. The highest BCUT2D eigenvalue weighted by atomic mass is 32.1. The second kappa shape index (κ2) is 8.11. The Morgan fingerprint density at radius 2 is 1.97 bits per heavy atom. The van der Waals surface area contributed by atoms with Crippen LogP contribution in [0.15, 0.2) is 72.1 Å². The Balaban J connectivity index is 1.47. The van der Waals surface area contributed by atoms with Gasteiger partial charge in [-0.1, -0.05) is 24.3 Å². The van der Waals surface area contributed by atoms with Gasteiger partial charge in [-0.2, -0.15) is 5.10 Å². The van der Waals surface area contributed by atoms with Crippen molar-refractivity contribution in [2.75, 3.05) is 0 Å². The molecule has 2 heterocycles. The van der Waals surface area contributed by atoms with E-state index in [-0.39, 0.29) is 11.7 Å². The predicted octanol–water partition coefficient (Wildman–Crippen LogP) is 3.68. The third-order valence-corrected chi connectivity index (χ3v) is 5.29. The lowest BCUT2D eigenvalue weighted by atomic mass is 10.1. The van der Waals surface area contributed by atoms with Gasteiger partial charge in [0, 0.05) is 4.88 Å². The number of carbonyl (C=O) groups is 1. The van der Waals surface area contributed by atoms with Crippen LogP contribution >= 0.6 is 11.3 Å². The van der Waals surface area contributed by atoms with Crippen molar-refractivity contribution >= 4 is 23.0 Å². The fourth-order valence-electron chi connectivity index (χ4n) is 2.64. The van der Waals surface area contributed by atoms with Crippen molar-refractivity contribution in [2.45, 2.75) is 6.92 Å². The lowest BCUT2D eigenvalue weighted by Gasteiger charge is -2.05. The van der Waals surface area contributed by atoms with Crippen LogP contribution < -0.4 is 5.43 Å². The summed E-state index contributed by atoms with van der Waals surface area (Å²) in [5.41, 5.74) is 5.69. The summed E-state index contributed by atoms with van der Waals surface area (Å²) in [4.78, 5) is 13.8. The highest BCUT2D eigenvalue weighted by Crippen LogP contribution is 2.28. The van der Waals surface area contributed by atoms with E-state index in [0.29, 0.717) is 10.6 Å². The van der Waals surface area contributed by atoms with Crippen LogP contribution in [0.2, 0.25) is 0 Å². The Labute approximate surface area is 169 Å². The number of aromatic nitrogens is 4. The number of thiophene rings is 1. The Hall–Kier alpha value is -3.72. The third-order valence-electron chi connectivity index (χ3n) is 4.16. The van der Waals surface area contributed by atoms with Gasteiger partial charge in [-0.3, -0.25) is 4.79 Å². The van der Waals surface area contributed by atoms with Crippen LogP contribution in [0.1, 0.15) is 22.2 Å². The van der Waals surface area contributed by atoms with Gasteiger partial charge in [-0.25, -0.2) is 14.5 Å². The van der Waals surface area contributed by atoms with Gasteiger partial charge in [0.15, 0.2) is 0 Å². The number of hydrogen-bond acceptors (Lipinski definition) is 6. The molecular formula is C20H15FN6OS. The summed E-state index contributed by atoms with van der Waals surface area (Å²) in [7, 11) is 0. The average Bonchev–Trinajstić information content (AvgIpc) is 3.45. The van der Waals surface area contributed by atoms with E-state index in [2.05, 4.69) is 26.1 Å². The number of tetrazole rings is 1. The maximum atomic E-state index is 13.1. The highest BCUT2D eigenvalue weighted by Gasteiger charge is 2.10. The lowest BCUT2D eigenvalue weighted by Crippen LogP contribution is -2.18. The van der Waals surface area contributed by atoms with Crippen molar-refractivity contribution in [3.05, 3.63) is 83.2 Å². The summed E-state index contributed by atoms with van der Waals surface area (Å²) in [5.74, 6) is -0.600. The molecule has 1 N–H and O–H groups in total. The van der Waals surface area contributed by atoms with Gasteiger partial charge in [0.2, 0.25) is 0 Å². The molecule has 144 valence electrons. The normalized spacial score (nSPS) is 11.4. The van der Waals surface area contributed by atoms with Gasteiger partial charge >= 0.3 is 0 Å². The van der Waals surface area contributed by atoms with E-state index < -0.39 is 0 Å². The molecule has 0 radical (unpaired) electrons. The largest absolute Gasteiger partial charge is 0.281 e. The van der Waals surface area contributed by atoms with Crippen LogP contribution in [0.4, 0.5) is 4.39 Å². The molecule has 7 nitrogen and oxygen atoms in total. The first-order valence-corrected chi connectivity index (χ1v) is 9.46. The maximum Gasteiger partial charge on any atom is 0.281 e. The number of amides is 1. The molecule has 0 atom stereocenters. The fraction of sp³-hybridized carbons (Fsp3) is 0.0500. The molecule has 4 aromatic rings. The van der Waals surface area contributed by atoms with Gasteiger partial charge in [0.25, 0.3) is 5.91 Å². The van der Waals surface area contributed by atoms with Crippen molar-refractivity contribution in [1.29, 1.82) is 0 Å². The Morgan fingerprint density at radius 3 is 2.72 bits per heavy atom. The van der Waals surface area contributed by atoms with Crippen molar-refractivity contribution in [3.8, 4) is 16.1 Å². The first kappa shape index (κ1) is 18.6. The van der Waals surface area contributed by atoms with Gasteiger partial charge in [0.1, 0.15) is 12.1 Å². The zero-order valence-corrected chi connectivity index (χ0v) is 16.1. The van der Waals surface area contributed by atoms with Crippen molar-refractivity contribution in [1.82, 2.24) is 25.6 Å². The number of hydrazone groups is 1. The zero-order chi connectivity index (χ0) is 20.2. The van der Waals surface area contributed by atoms with E-state index in [4.69, 9.17) is 0 Å². The van der Waals surface area contributed by atoms with Gasteiger partial charge in [0.05, 0.1) is 16.3 Å². The number of halogens is 1. The smallest absolute Gasteiger partial charge is 0.266 e. The maximum absolute atomic E-state index is 13.1. The molecule has 0 unspecified atom stereocenters. The SMILES string of the molecule is C/C(=N/NC(=O)c1ccc(-c2ccc(F)cc2)s1)c1cccc(-n2cnnn2)c1. The summed E-state index contributed by atoms with van der Waals surface area (Å²) in [6.45, 7) is 1.80. The van der Waals surface area contributed by atoms with E-state index in [9.17, 15) is 9.18 Å². The molecule has 0 spiro atoms. The fourth-order valence-corrected chi connectivity index (χ4v) is 3.54. The van der Waals surface area contributed by atoms with Crippen LogP contribution in [-0.2, 0) is 0 Å². The monoisotopic (exact) mass is 406 g/mol. The molecule has 0 saturated heterocycles. The number of nitrogens with one attached hydrogen (secondary N) is 1. The van der Waals surface area contributed by atoms with Crippen LogP contribution in [0.25, 0.3) is 16.1 Å². The predicted molar refractivity (Wildman–Crippen MR) is 109 cm³/mol. The van der Waals surface area contributed by atoms with E-state index >= 15 is 0 Å². The molecule has 0 saturated carbocycles. The van der Waals surface area contributed by atoms with Crippen molar-refractivity contribution in [3.63, 3.8) is 0 Å². The molecule has 9 heteroatoms. The van der Waals surface area contributed by atoms with Crippen molar-refractivity contribution in [2.24, 2.45) is 5.10 Å². The quantitative estimate of drug-likeness (QED) is 0.405. The number of nitrogens with zero attached hydrogens (tertiary/aromatic N) is 5. The zero-order valence-electron chi connectivity index (χ0n) is 15.3. The second-order valence-corrected chi connectivity index (χ2v) is 7.20. The summed E-state index contributed by atoms with van der Waals surface area (Å²) in [6, 6.07) is 17.2. The lowest BCUT2D eigenvalue weighted by molar-refractivity contribution is 0.0959.